The number of hydrogen-bond donors (Lipinski definition) is 2. The van der Waals surface area contributed by atoms with Gasteiger partial charge in [-0.2, -0.15) is 0 Å². The van der Waals surface area contributed by atoms with Crippen LogP contribution in [0.15, 0.2) is 200 Å². The Bertz CT molecular complexity index is 2670. The van der Waals surface area contributed by atoms with Crippen LogP contribution in [0, 0.1) is 5.92 Å². The number of carbonyl (C=O) groups is 2. The van der Waals surface area contributed by atoms with Gasteiger partial charge in [-0.15, -0.1) is 0 Å². The SMILES string of the molecule is O=C(Oc1ccc([NH+](c2ccccc2)c2ccc(-c3ccc([NH+](c4ccccc4)c4ccc(OC(=O)C5CCCC5)cc4)cc3)cc2)cc1)c1cccc2ccccc12. The van der Waals surface area contributed by atoms with Crippen molar-refractivity contribution >= 4 is 56.8 Å². The van der Waals surface area contributed by atoms with Crippen LogP contribution in [0.3, 0.4) is 0 Å². The average Bonchev–Trinajstić information content (AvgIpc) is 3.85. The first-order chi connectivity index (χ1) is 29.1. The summed E-state index contributed by atoms with van der Waals surface area (Å²) in [6.07, 6.45) is 4.02. The number of carbonyl (C=O) groups excluding carboxylic acids is 2. The van der Waals surface area contributed by atoms with Crippen LogP contribution in [-0.4, -0.2) is 11.9 Å². The summed E-state index contributed by atoms with van der Waals surface area (Å²) in [5.41, 5.74) is 9.20. The van der Waals surface area contributed by atoms with Gasteiger partial charge in [0, 0.05) is 48.5 Å². The number of fused-ring (bicyclic) bond motifs is 1. The van der Waals surface area contributed by atoms with Gasteiger partial charge < -0.3 is 9.47 Å². The molecule has 8 aromatic carbocycles. The summed E-state index contributed by atoms with van der Waals surface area (Å²) in [6, 6.07) is 67.3. The summed E-state index contributed by atoms with van der Waals surface area (Å²) in [7, 11) is 0. The van der Waals surface area contributed by atoms with E-state index in [9.17, 15) is 9.59 Å². The number of nitrogens with one attached hydrogen (secondary N) is 2. The highest BCUT2D eigenvalue weighted by Crippen LogP contribution is 2.29. The summed E-state index contributed by atoms with van der Waals surface area (Å²) in [5.74, 6) is 0.584. The number of ether oxygens (including phenoxy) is 2. The minimum absolute atomic E-state index is 0.0134. The summed E-state index contributed by atoms with van der Waals surface area (Å²) in [4.78, 5) is 28.1. The summed E-state index contributed by atoms with van der Waals surface area (Å²) in [5, 5.41) is 1.86. The molecule has 0 bridgehead atoms. The third-order valence-electron chi connectivity index (χ3n) is 11.2. The van der Waals surface area contributed by atoms with E-state index < -0.39 is 0 Å². The predicted octanol–water partition coefficient (Wildman–Crippen LogP) is 11.2. The normalized spacial score (nSPS) is 13.8. The number of benzene rings is 8. The quantitative estimate of drug-likeness (QED) is 0.102. The molecular weight excluding hydrogens is 729 g/mol. The molecule has 9 rings (SSSR count). The van der Waals surface area contributed by atoms with Gasteiger partial charge >= 0.3 is 11.9 Å². The number of hydrogen-bond acceptors (Lipinski definition) is 4. The van der Waals surface area contributed by atoms with Gasteiger partial charge in [0.15, 0.2) is 0 Å². The minimum atomic E-state index is -0.382. The Hall–Kier alpha value is -7.12. The van der Waals surface area contributed by atoms with Crippen LogP contribution < -0.4 is 19.3 Å². The molecule has 0 saturated heterocycles. The molecule has 8 aromatic rings. The standard InChI is InChI=1S/C53H42N2O4/c56-52(41-13-7-8-14-41)58-48-34-30-46(31-35-48)54(42-16-3-1-4-17-42)44-26-22-38(23-27-44)39-24-28-45(29-25-39)55(43-18-5-2-6-19-43)47-32-36-49(37-33-47)59-53(57)51-21-11-15-40-12-9-10-20-50(40)51/h1-6,9-12,15-37,41H,7-8,13-14H2/p+2. The van der Waals surface area contributed by atoms with E-state index in [4.69, 9.17) is 9.47 Å². The van der Waals surface area contributed by atoms with Crippen LogP contribution in [0.2, 0.25) is 0 Å². The number of quaternary nitrogens is 2. The zero-order valence-electron chi connectivity index (χ0n) is 32.6. The number of para-hydroxylation sites is 2. The Balaban J connectivity index is 0.938. The van der Waals surface area contributed by atoms with Crippen molar-refractivity contribution in [2.24, 2.45) is 5.92 Å². The predicted molar refractivity (Wildman–Crippen MR) is 234 cm³/mol. The molecule has 2 unspecified atom stereocenters. The summed E-state index contributed by atoms with van der Waals surface area (Å²) >= 11 is 0. The molecular formula is C53H44N2O4+2. The molecule has 6 nitrogen and oxygen atoms in total. The molecule has 0 aliphatic heterocycles. The first-order valence-corrected chi connectivity index (χ1v) is 20.3. The van der Waals surface area contributed by atoms with Crippen LogP contribution in [-0.2, 0) is 4.79 Å². The highest BCUT2D eigenvalue weighted by Gasteiger charge is 2.26. The molecule has 0 heterocycles. The largest absolute Gasteiger partial charge is 0.426 e. The van der Waals surface area contributed by atoms with Crippen molar-refractivity contribution in [3.8, 4) is 22.6 Å². The molecule has 0 radical (unpaired) electrons. The van der Waals surface area contributed by atoms with Crippen molar-refractivity contribution in [2.45, 2.75) is 25.7 Å². The molecule has 2 N–H and O–H groups in total. The molecule has 1 saturated carbocycles. The maximum Gasteiger partial charge on any atom is 0.344 e. The zero-order chi connectivity index (χ0) is 40.0. The molecule has 1 aliphatic carbocycles. The fourth-order valence-electron chi connectivity index (χ4n) is 8.17. The minimum Gasteiger partial charge on any atom is -0.426 e. The molecule has 0 spiro atoms. The topological polar surface area (TPSA) is 61.5 Å². The highest BCUT2D eigenvalue weighted by atomic mass is 16.5. The van der Waals surface area contributed by atoms with Crippen molar-refractivity contribution < 1.29 is 28.9 Å². The number of rotatable bonds is 11. The van der Waals surface area contributed by atoms with E-state index in [2.05, 4.69) is 84.9 Å². The fourth-order valence-corrected chi connectivity index (χ4v) is 8.17. The Kier molecular flexibility index (Phi) is 10.9. The van der Waals surface area contributed by atoms with Crippen LogP contribution in [0.4, 0.5) is 34.1 Å². The molecule has 59 heavy (non-hydrogen) atoms. The lowest BCUT2D eigenvalue weighted by Crippen LogP contribution is -2.96. The first-order valence-electron chi connectivity index (χ1n) is 20.3. The number of esters is 2. The van der Waals surface area contributed by atoms with Crippen molar-refractivity contribution in [3.05, 3.63) is 206 Å². The lowest BCUT2D eigenvalue weighted by atomic mass is 10.0. The molecule has 0 aromatic heterocycles. The van der Waals surface area contributed by atoms with Crippen molar-refractivity contribution in [1.29, 1.82) is 0 Å². The molecule has 1 aliphatic rings. The second-order valence-corrected chi connectivity index (χ2v) is 15.0. The second-order valence-electron chi connectivity index (χ2n) is 15.0. The summed E-state index contributed by atoms with van der Waals surface area (Å²) < 4.78 is 11.6. The smallest absolute Gasteiger partial charge is 0.344 e. The van der Waals surface area contributed by atoms with Crippen molar-refractivity contribution in [2.75, 3.05) is 0 Å². The van der Waals surface area contributed by atoms with E-state index in [1.54, 1.807) is 6.07 Å². The third kappa shape index (κ3) is 8.32. The molecule has 2 atom stereocenters. The molecule has 1 fully saturated rings. The average molecular weight is 773 g/mol. The zero-order valence-corrected chi connectivity index (χ0v) is 32.6. The first kappa shape index (κ1) is 37.5. The Morgan fingerprint density at radius 3 is 1.32 bits per heavy atom. The van der Waals surface area contributed by atoms with E-state index in [1.165, 1.54) is 0 Å². The molecule has 0 amide bonds. The monoisotopic (exact) mass is 772 g/mol. The van der Waals surface area contributed by atoms with Gasteiger partial charge in [0.2, 0.25) is 0 Å². The Labute approximate surface area is 344 Å². The van der Waals surface area contributed by atoms with E-state index in [0.717, 1.165) is 91.5 Å². The van der Waals surface area contributed by atoms with Gasteiger partial charge in [-0.1, -0.05) is 85.6 Å². The van der Waals surface area contributed by atoms with Crippen LogP contribution in [0.25, 0.3) is 21.9 Å². The van der Waals surface area contributed by atoms with Crippen LogP contribution >= 0.6 is 0 Å². The van der Waals surface area contributed by atoms with E-state index >= 15 is 0 Å². The van der Waals surface area contributed by atoms with Crippen molar-refractivity contribution in [3.63, 3.8) is 0 Å². The van der Waals surface area contributed by atoms with Crippen LogP contribution in [0.1, 0.15) is 36.0 Å². The van der Waals surface area contributed by atoms with Gasteiger partial charge in [0.25, 0.3) is 0 Å². The van der Waals surface area contributed by atoms with E-state index in [0.29, 0.717) is 17.1 Å². The van der Waals surface area contributed by atoms with Gasteiger partial charge in [-0.05, 0) is 114 Å². The second kappa shape index (κ2) is 17.2. The highest BCUT2D eigenvalue weighted by molar-refractivity contribution is 6.05. The fraction of sp³-hybridized carbons (Fsp3) is 0.0943. The van der Waals surface area contributed by atoms with Gasteiger partial charge in [0.1, 0.15) is 45.6 Å². The Morgan fingerprint density at radius 1 is 0.407 bits per heavy atom. The lowest BCUT2D eigenvalue weighted by Gasteiger charge is -2.20. The maximum absolute atomic E-state index is 13.3. The van der Waals surface area contributed by atoms with E-state index in [1.807, 2.05) is 109 Å². The van der Waals surface area contributed by atoms with E-state index in [-0.39, 0.29) is 17.9 Å². The summed E-state index contributed by atoms with van der Waals surface area (Å²) in [6.45, 7) is 0. The Morgan fingerprint density at radius 2 is 0.814 bits per heavy atom. The van der Waals surface area contributed by atoms with Crippen LogP contribution in [0.5, 0.6) is 11.5 Å². The van der Waals surface area contributed by atoms with Gasteiger partial charge in [0.05, 0.1) is 11.5 Å². The third-order valence-corrected chi connectivity index (χ3v) is 11.2. The molecule has 288 valence electrons. The van der Waals surface area contributed by atoms with Gasteiger partial charge in [-0.3, -0.25) is 4.79 Å². The molecule has 6 heteroatoms. The maximum atomic E-state index is 13.3. The van der Waals surface area contributed by atoms with Gasteiger partial charge in [-0.25, -0.2) is 14.6 Å². The van der Waals surface area contributed by atoms with Crippen molar-refractivity contribution in [1.82, 2.24) is 0 Å². The lowest BCUT2D eigenvalue weighted by molar-refractivity contribution is -0.681.